The fraction of sp³-hybridized carbons (Fsp3) is 0.913. The number of carbonyl (C=O) groups excluding carboxylic acids is 2. The Morgan fingerprint density at radius 1 is 0.683 bits per heavy atom. The number of aliphatic hydroxyl groups excluding tert-OH is 7. The third kappa shape index (κ3) is 7.60. The van der Waals surface area contributed by atoms with Gasteiger partial charge in [0.15, 0.2) is 24.5 Å². The summed E-state index contributed by atoms with van der Waals surface area (Å²) in [6.45, 7) is 13.6. The maximum atomic E-state index is 13.9. The van der Waals surface area contributed by atoms with Gasteiger partial charge < -0.3 is 78.8 Å². The summed E-state index contributed by atoms with van der Waals surface area (Å²) in [4.78, 5) is 27.3. The SMILES string of the molecule is CC(C)=C[C@@H]1C[C@](O)([C@H]2CC[C@]3(C)[C@@H]2CC[C@@H]2[C@@]4(C=O)CC[C@H](O[C@@H]5OC[C@H](O)[C@H](O[C@@H]6OC[C@@H](O)[C@H](O)[C@H]6O)[C@H]5O[C@@H]5O[C@@H](C)[C@H](O)[C@@H](O)[C@H]5O)C(C)(C)[C@@H]4CC[C@]23C)C(=O)O1. The van der Waals surface area contributed by atoms with Gasteiger partial charge in [0, 0.05) is 17.8 Å². The van der Waals surface area contributed by atoms with Gasteiger partial charge in [-0.2, -0.15) is 0 Å². The zero-order valence-corrected chi connectivity index (χ0v) is 37.7. The molecule has 0 unspecified atom stereocenters. The Labute approximate surface area is 369 Å². The molecule has 0 spiro atoms. The molecule has 0 amide bonds. The van der Waals surface area contributed by atoms with Crippen molar-refractivity contribution in [3.8, 4) is 0 Å². The van der Waals surface area contributed by atoms with Crippen LogP contribution in [-0.4, -0.2) is 164 Å². The van der Waals surface area contributed by atoms with E-state index < -0.39 is 115 Å². The average molecular weight is 897 g/mol. The lowest BCUT2D eigenvalue weighted by atomic mass is 9.35. The smallest absolute Gasteiger partial charge is 0.339 e. The summed E-state index contributed by atoms with van der Waals surface area (Å²) in [7, 11) is 0. The number of hydrogen-bond acceptors (Lipinski definition) is 17. The predicted molar refractivity (Wildman–Crippen MR) is 219 cm³/mol. The summed E-state index contributed by atoms with van der Waals surface area (Å²) in [6, 6.07) is 0. The molecule has 358 valence electrons. The van der Waals surface area contributed by atoms with Gasteiger partial charge in [-0.3, -0.25) is 0 Å². The molecular formula is C46H72O17. The van der Waals surface area contributed by atoms with Gasteiger partial charge in [0.05, 0.1) is 25.4 Å². The van der Waals surface area contributed by atoms with Crippen LogP contribution in [-0.2, 0) is 42.7 Å². The predicted octanol–water partition coefficient (Wildman–Crippen LogP) is 1.00. The second kappa shape index (κ2) is 17.1. The maximum absolute atomic E-state index is 13.9. The molecular weight excluding hydrogens is 824 g/mol. The number of allylic oxidation sites excluding steroid dienone is 1. The van der Waals surface area contributed by atoms with Crippen molar-refractivity contribution in [2.24, 2.45) is 45.3 Å². The quantitative estimate of drug-likeness (QED) is 0.0695. The number of cyclic esters (lactones) is 1. The molecule has 0 aromatic rings. The topological polar surface area (TPSA) is 261 Å². The third-order valence-corrected chi connectivity index (χ3v) is 18.0. The van der Waals surface area contributed by atoms with Gasteiger partial charge in [0.1, 0.15) is 67.3 Å². The molecule has 0 radical (unpaired) electrons. The Balaban J connectivity index is 1.04. The van der Waals surface area contributed by atoms with Crippen LogP contribution in [0.1, 0.15) is 106 Å². The van der Waals surface area contributed by atoms with Crippen molar-refractivity contribution in [1.82, 2.24) is 0 Å². The normalized spacial score (nSPS) is 54.3. The number of rotatable bonds is 9. The summed E-state index contributed by atoms with van der Waals surface area (Å²) in [5.74, 6) is -0.783. The molecule has 4 heterocycles. The number of esters is 1. The van der Waals surface area contributed by atoms with E-state index in [1.807, 2.05) is 19.9 Å². The van der Waals surface area contributed by atoms with E-state index in [4.69, 9.17) is 33.2 Å². The van der Waals surface area contributed by atoms with Crippen LogP contribution in [0, 0.1) is 45.3 Å². The fourth-order valence-electron chi connectivity index (χ4n) is 14.4. The van der Waals surface area contributed by atoms with Gasteiger partial charge in [-0.05, 0) is 112 Å². The molecule has 8 aliphatic rings. The summed E-state index contributed by atoms with van der Waals surface area (Å²) < 4.78 is 42.5. The highest BCUT2D eigenvalue weighted by atomic mass is 16.8. The number of carbonyl (C=O) groups is 2. The maximum Gasteiger partial charge on any atom is 0.339 e. The first-order valence-electron chi connectivity index (χ1n) is 23.2. The lowest BCUT2D eigenvalue weighted by Gasteiger charge is -2.69. The van der Waals surface area contributed by atoms with Crippen LogP contribution < -0.4 is 0 Å². The molecule has 17 heteroatoms. The van der Waals surface area contributed by atoms with Crippen LogP contribution in [0.25, 0.3) is 0 Å². The van der Waals surface area contributed by atoms with E-state index in [0.29, 0.717) is 19.3 Å². The van der Waals surface area contributed by atoms with Gasteiger partial charge in [0.2, 0.25) is 0 Å². The molecule has 8 N–H and O–H groups in total. The number of ether oxygens (including phenoxy) is 7. The number of fused-ring (bicyclic) bond motifs is 5. The molecule has 63 heavy (non-hydrogen) atoms. The van der Waals surface area contributed by atoms with E-state index >= 15 is 0 Å². The summed E-state index contributed by atoms with van der Waals surface area (Å²) in [6.07, 6.45) is -11.0. The molecule has 0 bridgehead atoms. The highest BCUT2D eigenvalue weighted by Crippen LogP contribution is 2.76. The summed E-state index contributed by atoms with van der Waals surface area (Å²) >= 11 is 0. The van der Waals surface area contributed by atoms with Crippen LogP contribution in [0.5, 0.6) is 0 Å². The van der Waals surface area contributed by atoms with Crippen LogP contribution in [0.2, 0.25) is 0 Å². The second-order valence-corrected chi connectivity index (χ2v) is 21.7. The van der Waals surface area contributed by atoms with E-state index in [9.17, 15) is 50.4 Å². The van der Waals surface area contributed by atoms with Crippen molar-refractivity contribution in [2.75, 3.05) is 13.2 Å². The molecule has 4 saturated heterocycles. The Morgan fingerprint density at radius 3 is 2.03 bits per heavy atom. The molecule has 23 atom stereocenters. The lowest BCUT2D eigenvalue weighted by Crippen LogP contribution is -2.67. The fourth-order valence-corrected chi connectivity index (χ4v) is 14.4. The Bertz CT molecular complexity index is 1720. The van der Waals surface area contributed by atoms with Crippen molar-refractivity contribution in [3.63, 3.8) is 0 Å². The molecule has 17 nitrogen and oxygen atoms in total. The lowest BCUT2D eigenvalue weighted by molar-refractivity contribution is -0.383. The van der Waals surface area contributed by atoms with E-state index in [2.05, 4.69) is 27.7 Å². The van der Waals surface area contributed by atoms with Crippen molar-refractivity contribution in [3.05, 3.63) is 11.6 Å². The monoisotopic (exact) mass is 896 g/mol. The van der Waals surface area contributed by atoms with E-state index in [0.717, 1.165) is 37.7 Å². The molecule has 4 aliphatic carbocycles. The zero-order chi connectivity index (χ0) is 45.8. The van der Waals surface area contributed by atoms with Crippen molar-refractivity contribution >= 4 is 12.3 Å². The Kier molecular flexibility index (Phi) is 13.0. The van der Waals surface area contributed by atoms with Gasteiger partial charge in [-0.1, -0.05) is 33.3 Å². The molecule has 0 aromatic heterocycles. The van der Waals surface area contributed by atoms with Gasteiger partial charge in [0.25, 0.3) is 0 Å². The molecule has 8 rings (SSSR count). The minimum atomic E-state index is -1.73. The summed E-state index contributed by atoms with van der Waals surface area (Å²) in [5, 5.41) is 86.7. The first-order chi connectivity index (χ1) is 29.5. The largest absolute Gasteiger partial charge is 0.456 e. The Hall–Kier alpha value is -1.68. The van der Waals surface area contributed by atoms with Crippen LogP contribution in [0.15, 0.2) is 11.6 Å². The van der Waals surface area contributed by atoms with Gasteiger partial charge >= 0.3 is 5.97 Å². The minimum absolute atomic E-state index is 0.0319. The van der Waals surface area contributed by atoms with Gasteiger partial charge in [-0.15, -0.1) is 0 Å². The third-order valence-electron chi connectivity index (χ3n) is 18.0. The average Bonchev–Trinajstić information content (AvgIpc) is 3.73. The first-order valence-corrected chi connectivity index (χ1v) is 23.2. The molecule has 4 saturated carbocycles. The van der Waals surface area contributed by atoms with Crippen molar-refractivity contribution < 1.29 is 83.6 Å². The molecule has 8 fully saturated rings. The van der Waals surface area contributed by atoms with Crippen LogP contribution >= 0.6 is 0 Å². The number of aliphatic hydroxyl groups is 8. The van der Waals surface area contributed by atoms with Crippen LogP contribution in [0.3, 0.4) is 0 Å². The van der Waals surface area contributed by atoms with E-state index in [-0.39, 0.29) is 54.1 Å². The number of aldehydes is 1. The highest BCUT2D eigenvalue weighted by Gasteiger charge is 2.72. The van der Waals surface area contributed by atoms with E-state index in [1.165, 1.54) is 13.2 Å². The van der Waals surface area contributed by atoms with Crippen molar-refractivity contribution in [2.45, 2.75) is 204 Å². The summed E-state index contributed by atoms with van der Waals surface area (Å²) in [5.41, 5.74) is -2.36. The number of hydrogen-bond donors (Lipinski definition) is 8. The first kappa shape index (κ1) is 47.8. The Morgan fingerprint density at radius 2 is 1.33 bits per heavy atom. The van der Waals surface area contributed by atoms with Crippen molar-refractivity contribution in [1.29, 1.82) is 0 Å². The molecule has 0 aromatic carbocycles. The minimum Gasteiger partial charge on any atom is -0.456 e. The highest BCUT2D eigenvalue weighted by molar-refractivity contribution is 5.82. The second-order valence-electron chi connectivity index (χ2n) is 21.7. The standard InChI is InChI=1S/C46H72O17/c1-21(2)16-23-17-46(56,41(55)60-23)25-10-13-43(6)24(25)8-9-29-44(43,7)14-11-28-42(4,5)30(12-15-45(28,29)20-47)61-40-37(63-39-35(54)33(52)31(50)22(3)59-39)36(27(49)19-58-40)62-38-34(53)32(51)26(48)18-57-38/h16,20,22-40,48-54,56H,8-15,17-19H2,1-7H3/t22-,23+,24+,25-,26+,27-,28-,29-,30-,31-,32-,33+,34+,35+,36-,37+,38-,39-,40-,43+,44+,45+,46-/m0/s1. The molecule has 4 aliphatic heterocycles. The van der Waals surface area contributed by atoms with E-state index in [1.54, 1.807) is 0 Å². The van der Waals surface area contributed by atoms with Gasteiger partial charge in [-0.25, -0.2) is 4.79 Å². The zero-order valence-electron chi connectivity index (χ0n) is 37.7. The van der Waals surface area contributed by atoms with Crippen LogP contribution in [0.4, 0.5) is 0 Å².